The highest BCUT2D eigenvalue weighted by molar-refractivity contribution is 7.19. The molecule has 0 spiro atoms. The van der Waals surface area contributed by atoms with Crippen LogP contribution in [0.5, 0.6) is 0 Å². The third-order valence-corrected chi connectivity index (χ3v) is 5.51. The predicted molar refractivity (Wildman–Crippen MR) is 91.2 cm³/mol. The average molecular weight is 338 g/mol. The van der Waals surface area contributed by atoms with Gasteiger partial charge >= 0.3 is 0 Å². The molecule has 0 bridgehead atoms. The van der Waals surface area contributed by atoms with E-state index in [9.17, 15) is 15.3 Å². The summed E-state index contributed by atoms with van der Waals surface area (Å²) in [5.41, 5.74) is 11.4. The molecule has 0 aliphatic carbocycles. The van der Waals surface area contributed by atoms with E-state index < -0.39 is 5.72 Å². The first-order valence-electron chi connectivity index (χ1n) is 7.58. The van der Waals surface area contributed by atoms with E-state index in [2.05, 4.69) is 9.88 Å². The van der Waals surface area contributed by atoms with Gasteiger partial charge in [-0.3, -0.25) is 5.73 Å². The fourth-order valence-electron chi connectivity index (χ4n) is 2.94. The number of hydrogen-bond donors (Lipinski definition) is 5. The van der Waals surface area contributed by atoms with Gasteiger partial charge in [0.2, 0.25) is 0 Å². The average Bonchev–Trinajstić information content (AvgIpc) is 2.84. The molecule has 0 radical (unpaired) electrons. The largest absolute Gasteiger partial charge is 0.397 e. The maximum atomic E-state index is 10.1. The van der Waals surface area contributed by atoms with E-state index in [-0.39, 0.29) is 12.7 Å². The van der Waals surface area contributed by atoms with Crippen LogP contribution in [0.25, 0.3) is 10.2 Å². The predicted octanol–water partition coefficient (Wildman–Crippen LogP) is 0.456. The standard InChI is InChI=1S/C15H22N4O3S/c1-15(17,22)13-12(16)11-8(7-20)6-10(18-14(11)23-13)19-4-2-9(21)3-5-19/h6,9,20-22H,2-5,7,16-17H2,1H3. The minimum Gasteiger partial charge on any atom is -0.397 e. The number of rotatable bonds is 3. The summed E-state index contributed by atoms with van der Waals surface area (Å²) >= 11 is 1.24. The molecule has 2 aromatic rings. The summed E-state index contributed by atoms with van der Waals surface area (Å²) in [4.78, 5) is 7.81. The number of aliphatic hydroxyl groups excluding tert-OH is 2. The molecule has 0 amide bonds. The second kappa shape index (κ2) is 5.88. The Balaban J connectivity index is 2.09. The quantitative estimate of drug-likeness (QED) is 0.514. The van der Waals surface area contributed by atoms with Crippen LogP contribution in [0.15, 0.2) is 6.07 Å². The van der Waals surface area contributed by atoms with Gasteiger partial charge in [0, 0.05) is 18.5 Å². The maximum Gasteiger partial charge on any atom is 0.148 e. The summed E-state index contributed by atoms with van der Waals surface area (Å²) < 4.78 is 0. The Morgan fingerprint density at radius 1 is 1.43 bits per heavy atom. The molecule has 7 nitrogen and oxygen atoms in total. The smallest absolute Gasteiger partial charge is 0.148 e. The highest BCUT2D eigenvalue weighted by Crippen LogP contribution is 2.40. The molecule has 1 aliphatic rings. The number of anilines is 2. The van der Waals surface area contributed by atoms with Gasteiger partial charge in [-0.05, 0) is 31.4 Å². The molecule has 126 valence electrons. The molecular weight excluding hydrogens is 316 g/mol. The fraction of sp³-hybridized carbons (Fsp3) is 0.533. The summed E-state index contributed by atoms with van der Waals surface area (Å²) in [6.45, 7) is 2.73. The second-order valence-corrected chi connectivity index (χ2v) is 7.19. The van der Waals surface area contributed by atoms with Crippen molar-refractivity contribution in [3.8, 4) is 0 Å². The van der Waals surface area contributed by atoms with Crippen LogP contribution < -0.4 is 16.4 Å². The van der Waals surface area contributed by atoms with E-state index in [4.69, 9.17) is 11.5 Å². The molecular formula is C15H22N4O3S. The number of pyridine rings is 1. The Labute approximate surface area is 138 Å². The zero-order valence-corrected chi connectivity index (χ0v) is 13.8. The monoisotopic (exact) mass is 338 g/mol. The molecule has 3 heterocycles. The van der Waals surface area contributed by atoms with Gasteiger partial charge in [-0.2, -0.15) is 0 Å². The lowest BCUT2D eigenvalue weighted by molar-refractivity contribution is 0.0694. The number of fused-ring (bicyclic) bond motifs is 1. The van der Waals surface area contributed by atoms with Crippen LogP contribution in [0.3, 0.4) is 0 Å². The first kappa shape index (κ1) is 16.4. The molecule has 1 aliphatic heterocycles. The third-order valence-electron chi connectivity index (χ3n) is 4.19. The first-order valence-corrected chi connectivity index (χ1v) is 8.40. The van der Waals surface area contributed by atoms with Gasteiger partial charge in [-0.1, -0.05) is 0 Å². The van der Waals surface area contributed by atoms with Crippen LogP contribution in [-0.4, -0.2) is 39.5 Å². The van der Waals surface area contributed by atoms with E-state index in [1.807, 2.05) is 6.07 Å². The molecule has 1 fully saturated rings. The SMILES string of the molecule is CC(N)(O)c1sc2nc(N3CCC(O)CC3)cc(CO)c2c1N. The molecule has 1 saturated heterocycles. The van der Waals surface area contributed by atoms with E-state index in [1.165, 1.54) is 18.3 Å². The Bertz CT molecular complexity index is 718. The summed E-state index contributed by atoms with van der Waals surface area (Å²) in [7, 11) is 0. The van der Waals surface area contributed by atoms with Gasteiger partial charge < -0.3 is 26.0 Å². The summed E-state index contributed by atoms with van der Waals surface area (Å²) in [6, 6.07) is 1.82. The zero-order chi connectivity index (χ0) is 16.8. The Hall–Kier alpha value is -1.45. The zero-order valence-electron chi connectivity index (χ0n) is 13.0. The normalized spacial score (nSPS) is 19.3. The lowest BCUT2D eigenvalue weighted by Gasteiger charge is -2.30. The molecule has 1 unspecified atom stereocenters. The van der Waals surface area contributed by atoms with Gasteiger partial charge in [-0.15, -0.1) is 11.3 Å². The summed E-state index contributed by atoms with van der Waals surface area (Å²) in [5.74, 6) is 0.748. The van der Waals surface area contributed by atoms with Crippen LogP contribution in [0, 0.1) is 0 Å². The lowest BCUT2D eigenvalue weighted by atomic mass is 10.1. The van der Waals surface area contributed by atoms with E-state index in [1.54, 1.807) is 0 Å². The van der Waals surface area contributed by atoms with Crippen molar-refractivity contribution < 1.29 is 15.3 Å². The van der Waals surface area contributed by atoms with Crippen LogP contribution in [0.4, 0.5) is 11.5 Å². The minimum atomic E-state index is -1.54. The first-order chi connectivity index (χ1) is 10.8. The number of aliphatic hydroxyl groups is 3. The van der Waals surface area contributed by atoms with Crippen molar-refractivity contribution in [2.75, 3.05) is 23.7 Å². The topological polar surface area (TPSA) is 129 Å². The second-order valence-electron chi connectivity index (χ2n) is 6.19. The van der Waals surface area contributed by atoms with Crippen molar-refractivity contribution in [3.63, 3.8) is 0 Å². The number of piperidine rings is 1. The lowest BCUT2D eigenvalue weighted by Crippen LogP contribution is -2.36. The number of hydrogen-bond acceptors (Lipinski definition) is 8. The highest BCUT2D eigenvalue weighted by Gasteiger charge is 2.27. The minimum absolute atomic E-state index is 0.171. The molecule has 1 atom stereocenters. The number of aromatic nitrogens is 1. The van der Waals surface area contributed by atoms with Crippen molar-refractivity contribution in [2.45, 2.75) is 38.2 Å². The Morgan fingerprint density at radius 2 is 2.09 bits per heavy atom. The van der Waals surface area contributed by atoms with Gasteiger partial charge in [0.05, 0.1) is 23.3 Å². The Kier molecular flexibility index (Phi) is 4.19. The third kappa shape index (κ3) is 3.00. The molecule has 2 aromatic heterocycles. The maximum absolute atomic E-state index is 10.1. The fourth-order valence-corrected chi connectivity index (χ4v) is 4.04. The van der Waals surface area contributed by atoms with Crippen LogP contribution >= 0.6 is 11.3 Å². The van der Waals surface area contributed by atoms with Crippen molar-refractivity contribution in [1.82, 2.24) is 4.98 Å². The Morgan fingerprint density at radius 3 is 2.65 bits per heavy atom. The van der Waals surface area contributed by atoms with Crippen molar-refractivity contribution in [2.24, 2.45) is 5.73 Å². The molecule has 8 heteroatoms. The van der Waals surface area contributed by atoms with Crippen molar-refractivity contribution in [3.05, 3.63) is 16.5 Å². The molecule has 3 rings (SSSR count). The van der Waals surface area contributed by atoms with Crippen molar-refractivity contribution >= 4 is 33.1 Å². The number of nitrogens with zero attached hydrogens (tertiary/aromatic N) is 2. The van der Waals surface area contributed by atoms with Crippen LogP contribution in [0.2, 0.25) is 0 Å². The van der Waals surface area contributed by atoms with Gasteiger partial charge in [0.15, 0.2) is 0 Å². The molecule has 0 aromatic carbocycles. The van der Waals surface area contributed by atoms with E-state index in [0.29, 0.717) is 52.3 Å². The van der Waals surface area contributed by atoms with Gasteiger partial charge in [0.1, 0.15) is 16.4 Å². The number of nitrogen functional groups attached to an aromatic ring is 1. The number of nitrogens with two attached hydrogens (primary N) is 2. The number of thiophene rings is 1. The highest BCUT2D eigenvalue weighted by atomic mass is 32.1. The van der Waals surface area contributed by atoms with Gasteiger partial charge in [0.25, 0.3) is 0 Å². The molecule has 0 saturated carbocycles. The molecule has 7 N–H and O–H groups in total. The van der Waals surface area contributed by atoms with Gasteiger partial charge in [-0.25, -0.2) is 4.98 Å². The summed E-state index contributed by atoms with van der Waals surface area (Å²) in [6.07, 6.45) is 1.14. The van der Waals surface area contributed by atoms with E-state index >= 15 is 0 Å². The van der Waals surface area contributed by atoms with Crippen LogP contribution in [-0.2, 0) is 12.3 Å². The van der Waals surface area contributed by atoms with E-state index in [0.717, 1.165) is 5.82 Å². The molecule has 23 heavy (non-hydrogen) atoms. The summed E-state index contributed by atoms with van der Waals surface area (Å²) in [5, 5.41) is 30.1. The van der Waals surface area contributed by atoms with Crippen LogP contribution in [0.1, 0.15) is 30.2 Å². The van der Waals surface area contributed by atoms with Crippen molar-refractivity contribution in [1.29, 1.82) is 0 Å².